The van der Waals surface area contributed by atoms with Crippen LogP contribution in [-0.4, -0.2) is 19.2 Å². The lowest BCUT2D eigenvalue weighted by Crippen LogP contribution is -2.14. The van der Waals surface area contributed by atoms with Gasteiger partial charge in [0, 0.05) is 4.90 Å². The Morgan fingerprint density at radius 1 is 1.15 bits per heavy atom. The molecule has 0 saturated heterocycles. The maximum Gasteiger partial charge on any atom is 0.416 e. The molecule has 26 heavy (non-hydrogen) atoms. The maximum atomic E-state index is 12.5. The molecule has 0 spiro atoms. The molecule has 0 aliphatic carbocycles. The van der Waals surface area contributed by atoms with Crippen molar-refractivity contribution in [2.75, 3.05) is 13.2 Å². The normalized spacial score (nSPS) is 11.1. The summed E-state index contributed by atoms with van der Waals surface area (Å²) in [4.78, 5) is 11.9. The molecule has 0 radical (unpaired) electrons. The fourth-order valence-corrected chi connectivity index (χ4v) is 2.68. The molecule has 2 aromatic rings. The molecule has 0 N–H and O–H groups in total. The molecule has 0 aliphatic rings. The number of alkyl halides is 3. The van der Waals surface area contributed by atoms with Crippen LogP contribution in [0.5, 0.6) is 11.5 Å². The molecule has 2 aromatic carbocycles. The van der Waals surface area contributed by atoms with Gasteiger partial charge in [0.05, 0.1) is 29.2 Å². The lowest BCUT2D eigenvalue weighted by Gasteiger charge is -2.10. The molecule has 0 amide bonds. The fourth-order valence-electron chi connectivity index (χ4n) is 1.79. The Bertz CT molecular complexity index is 751. The first kappa shape index (κ1) is 20.3. The Kier molecular flexibility index (Phi) is 7.05. The zero-order chi connectivity index (χ0) is 19.2. The van der Waals surface area contributed by atoms with Crippen molar-refractivity contribution in [2.45, 2.75) is 18.0 Å². The summed E-state index contributed by atoms with van der Waals surface area (Å²) in [6.07, 6.45) is -4.39. The van der Waals surface area contributed by atoms with Crippen molar-refractivity contribution >= 4 is 29.6 Å². The SMILES string of the molecule is CCOC(=O)COc1ccc(SOc2ccc(C(F)(F)F)cc2)cc1Cl. The molecule has 0 heterocycles. The van der Waals surface area contributed by atoms with E-state index in [2.05, 4.69) is 0 Å². The van der Waals surface area contributed by atoms with Gasteiger partial charge >= 0.3 is 12.1 Å². The maximum absolute atomic E-state index is 12.5. The van der Waals surface area contributed by atoms with E-state index in [1.165, 1.54) is 12.1 Å². The molecule has 0 fully saturated rings. The molecule has 0 aliphatic heterocycles. The molecule has 2 rings (SSSR count). The molecule has 140 valence electrons. The van der Waals surface area contributed by atoms with E-state index in [0.717, 1.165) is 24.2 Å². The summed E-state index contributed by atoms with van der Waals surface area (Å²) in [5, 5.41) is 0.260. The Balaban J connectivity index is 1.92. The van der Waals surface area contributed by atoms with Gasteiger partial charge in [-0.05, 0) is 49.4 Å². The van der Waals surface area contributed by atoms with Gasteiger partial charge in [-0.15, -0.1) is 0 Å². The summed E-state index contributed by atoms with van der Waals surface area (Å²) in [7, 11) is 0. The number of rotatable bonds is 7. The van der Waals surface area contributed by atoms with Crippen LogP contribution in [0.2, 0.25) is 5.02 Å². The molecule has 0 unspecified atom stereocenters. The third-order valence-electron chi connectivity index (χ3n) is 2.97. The molecule has 0 aromatic heterocycles. The van der Waals surface area contributed by atoms with Crippen LogP contribution in [0.3, 0.4) is 0 Å². The largest absolute Gasteiger partial charge is 0.480 e. The van der Waals surface area contributed by atoms with Crippen molar-refractivity contribution in [2.24, 2.45) is 0 Å². The van der Waals surface area contributed by atoms with Crippen LogP contribution in [-0.2, 0) is 15.7 Å². The fraction of sp³-hybridized carbons (Fsp3) is 0.235. The van der Waals surface area contributed by atoms with E-state index in [9.17, 15) is 18.0 Å². The van der Waals surface area contributed by atoms with E-state index < -0.39 is 17.7 Å². The van der Waals surface area contributed by atoms with Crippen LogP contribution in [0.4, 0.5) is 13.2 Å². The van der Waals surface area contributed by atoms with E-state index in [0.29, 0.717) is 10.6 Å². The number of esters is 1. The van der Waals surface area contributed by atoms with Gasteiger partial charge in [0.1, 0.15) is 11.5 Å². The Morgan fingerprint density at radius 2 is 1.85 bits per heavy atom. The van der Waals surface area contributed by atoms with E-state index in [4.69, 9.17) is 25.3 Å². The van der Waals surface area contributed by atoms with Gasteiger partial charge in [-0.1, -0.05) is 11.6 Å². The van der Waals surface area contributed by atoms with Gasteiger partial charge < -0.3 is 13.7 Å². The van der Waals surface area contributed by atoms with Gasteiger partial charge in [-0.25, -0.2) is 4.79 Å². The lowest BCUT2D eigenvalue weighted by molar-refractivity contribution is -0.145. The smallest absolute Gasteiger partial charge is 0.416 e. The van der Waals surface area contributed by atoms with Gasteiger partial charge in [-0.3, -0.25) is 0 Å². The van der Waals surface area contributed by atoms with Crippen LogP contribution in [0.25, 0.3) is 0 Å². The highest BCUT2D eigenvalue weighted by atomic mass is 35.5. The minimum atomic E-state index is -4.39. The predicted molar refractivity (Wildman–Crippen MR) is 91.5 cm³/mol. The Labute approximate surface area is 157 Å². The van der Waals surface area contributed by atoms with E-state index in [-0.39, 0.29) is 24.0 Å². The Hall–Kier alpha value is -2.06. The van der Waals surface area contributed by atoms with Gasteiger partial charge in [0.2, 0.25) is 0 Å². The number of benzene rings is 2. The summed E-state index contributed by atoms with van der Waals surface area (Å²) >= 11 is 7.00. The number of halogens is 4. The van der Waals surface area contributed by atoms with E-state index >= 15 is 0 Å². The first-order chi connectivity index (χ1) is 12.3. The molecule has 0 atom stereocenters. The Morgan fingerprint density at radius 3 is 2.42 bits per heavy atom. The highest BCUT2D eigenvalue weighted by Crippen LogP contribution is 2.33. The number of hydrogen-bond donors (Lipinski definition) is 0. The van der Waals surface area contributed by atoms with Crippen LogP contribution in [0.15, 0.2) is 47.4 Å². The van der Waals surface area contributed by atoms with Crippen molar-refractivity contribution in [1.29, 1.82) is 0 Å². The van der Waals surface area contributed by atoms with Crippen LogP contribution < -0.4 is 8.92 Å². The minimum absolute atomic E-state index is 0.257. The van der Waals surface area contributed by atoms with Gasteiger partial charge in [0.15, 0.2) is 6.61 Å². The number of hydrogen-bond acceptors (Lipinski definition) is 5. The van der Waals surface area contributed by atoms with Crippen LogP contribution in [0.1, 0.15) is 12.5 Å². The van der Waals surface area contributed by atoms with Crippen molar-refractivity contribution in [3.8, 4) is 11.5 Å². The third kappa shape index (κ3) is 6.03. The van der Waals surface area contributed by atoms with Crippen molar-refractivity contribution < 1.29 is 31.6 Å². The zero-order valence-electron chi connectivity index (χ0n) is 13.5. The lowest BCUT2D eigenvalue weighted by atomic mass is 10.2. The molecule has 0 saturated carbocycles. The third-order valence-corrected chi connectivity index (χ3v) is 3.99. The van der Waals surface area contributed by atoms with Crippen LogP contribution >= 0.6 is 23.6 Å². The highest BCUT2D eigenvalue weighted by Gasteiger charge is 2.30. The van der Waals surface area contributed by atoms with Gasteiger partial charge in [0.25, 0.3) is 0 Å². The monoisotopic (exact) mass is 406 g/mol. The minimum Gasteiger partial charge on any atom is -0.480 e. The number of ether oxygens (including phenoxy) is 2. The average Bonchev–Trinajstić information content (AvgIpc) is 2.59. The van der Waals surface area contributed by atoms with Crippen molar-refractivity contribution in [1.82, 2.24) is 0 Å². The van der Waals surface area contributed by atoms with Gasteiger partial charge in [-0.2, -0.15) is 13.2 Å². The van der Waals surface area contributed by atoms with Crippen molar-refractivity contribution in [3.63, 3.8) is 0 Å². The van der Waals surface area contributed by atoms with E-state index in [1.807, 2.05) is 0 Å². The molecule has 9 heteroatoms. The first-order valence-electron chi connectivity index (χ1n) is 7.39. The highest BCUT2D eigenvalue weighted by molar-refractivity contribution is 7.95. The zero-order valence-corrected chi connectivity index (χ0v) is 15.1. The van der Waals surface area contributed by atoms with Crippen molar-refractivity contribution in [3.05, 3.63) is 53.1 Å². The summed E-state index contributed by atoms with van der Waals surface area (Å²) in [5.74, 6) is 0.0630. The molecule has 0 bridgehead atoms. The second-order valence-corrected chi connectivity index (χ2v) is 6.09. The molecular formula is C17H14ClF3O4S. The summed E-state index contributed by atoms with van der Waals surface area (Å²) in [5.41, 5.74) is -0.749. The summed E-state index contributed by atoms with van der Waals surface area (Å²) < 4.78 is 52.9. The quantitative estimate of drug-likeness (QED) is 0.456. The molecular weight excluding hydrogens is 393 g/mol. The predicted octanol–water partition coefficient (Wildman–Crippen LogP) is 5.39. The summed E-state index contributed by atoms with van der Waals surface area (Å²) in [6.45, 7) is 1.68. The van der Waals surface area contributed by atoms with Crippen LogP contribution in [0, 0.1) is 0 Å². The number of carbonyl (C=O) groups is 1. The average molecular weight is 407 g/mol. The number of carbonyl (C=O) groups excluding carboxylic acids is 1. The first-order valence-corrected chi connectivity index (χ1v) is 8.51. The van der Waals surface area contributed by atoms with E-state index in [1.54, 1.807) is 25.1 Å². The second-order valence-electron chi connectivity index (χ2n) is 4.87. The molecule has 4 nitrogen and oxygen atoms in total. The summed E-state index contributed by atoms with van der Waals surface area (Å²) in [6, 6.07) is 9.09. The second kappa shape index (κ2) is 9.05. The topological polar surface area (TPSA) is 44.8 Å². The standard InChI is InChI=1S/C17H14ClF3O4S/c1-2-23-16(22)10-24-15-8-7-13(9-14(15)18)26-25-12-5-3-11(4-6-12)17(19,20)21/h3-9H,2,10H2,1H3.